The third kappa shape index (κ3) is 5.52. The highest BCUT2D eigenvalue weighted by Gasteiger charge is 2.30. The lowest BCUT2D eigenvalue weighted by molar-refractivity contribution is -0.137. The number of halogens is 3. The molecule has 25 heavy (non-hydrogen) atoms. The first kappa shape index (κ1) is 18.3. The molecule has 0 spiro atoms. The highest BCUT2D eigenvalue weighted by Crippen LogP contribution is 2.29. The van der Waals surface area contributed by atoms with Gasteiger partial charge in [0, 0.05) is 17.4 Å². The monoisotopic (exact) mass is 352 g/mol. The van der Waals surface area contributed by atoms with E-state index in [4.69, 9.17) is 4.74 Å². The van der Waals surface area contributed by atoms with Crippen LogP contribution < -0.4 is 15.4 Å². The number of carbonyl (C=O) groups excluding carboxylic acids is 2. The zero-order chi connectivity index (χ0) is 18.4. The van der Waals surface area contributed by atoms with E-state index < -0.39 is 30.0 Å². The van der Waals surface area contributed by atoms with Gasteiger partial charge in [-0.2, -0.15) is 13.2 Å². The van der Waals surface area contributed by atoms with E-state index in [1.165, 1.54) is 7.11 Å². The maximum atomic E-state index is 12.5. The molecule has 2 amide bonds. The molecule has 0 saturated carbocycles. The predicted molar refractivity (Wildman–Crippen MR) is 86.3 cm³/mol. The van der Waals surface area contributed by atoms with Gasteiger partial charge in [0.15, 0.2) is 0 Å². The van der Waals surface area contributed by atoms with E-state index in [1.54, 1.807) is 24.3 Å². The first-order chi connectivity index (χ1) is 11.8. The molecule has 2 aromatic carbocycles. The molecule has 0 bridgehead atoms. The second kappa shape index (κ2) is 7.69. The van der Waals surface area contributed by atoms with Crippen LogP contribution in [0.3, 0.4) is 0 Å². The summed E-state index contributed by atoms with van der Waals surface area (Å²) in [4.78, 5) is 23.6. The number of hydrogen-bond acceptors (Lipinski definition) is 3. The number of benzene rings is 2. The molecule has 0 heterocycles. The van der Waals surface area contributed by atoms with Crippen LogP contribution in [0.4, 0.5) is 24.5 Å². The summed E-state index contributed by atoms with van der Waals surface area (Å²) in [5, 5.41) is 4.90. The first-order valence-corrected chi connectivity index (χ1v) is 7.19. The summed E-state index contributed by atoms with van der Waals surface area (Å²) in [6.07, 6.45) is -4.92. The highest BCUT2D eigenvalue weighted by atomic mass is 19.4. The zero-order valence-corrected chi connectivity index (χ0v) is 13.2. The van der Waals surface area contributed by atoms with Gasteiger partial charge in [0.25, 0.3) is 0 Å². The fourth-order valence-corrected chi connectivity index (χ4v) is 2.00. The van der Waals surface area contributed by atoms with E-state index in [1.807, 2.05) is 0 Å². The summed E-state index contributed by atoms with van der Waals surface area (Å²) in [5.74, 6) is -0.648. The van der Waals surface area contributed by atoms with Crippen molar-refractivity contribution in [3.05, 3.63) is 54.1 Å². The lowest BCUT2D eigenvalue weighted by Gasteiger charge is -2.09. The van der Waals surface area contributed by atoms with E-state index in [-0.39, 0.29) is 5.69 Å². The van der Waals surface area contributed by atoms with E-state index in [2.05, 4.69) is 10.6 Å². The summed E-state index contributed by atoms with van der Waals surface area (Å²) in [6.45, 7) is 0. The van der Waals surface area contributed by atoms with Crippen molar-refractivity contribution in [3.63, 3.8) is 0 Å². The molecule has 5 nitrogen and oxygen atoms in total. The van der Waals surface area contributed by atoms with Crippen LogP contribution in [0.1, 0.15) is 12.0 Å². The Hall–Kier alpha value is -3.03. The van der Waals surface area contributed by atoms with Crippen molar-refractivity contribution in [3.8, 4) is 5.75 Å². The van der Waals surface area contributed by atoms with Gasteiger partial charge in [0.2, 0.25) is 11.8 Å². The van der Waals surface area contributed by atoms with Crippen molar-refractivity contribution in [2.75, 3.05) is 17.7 Å². The molecule has 0 aromatic heterocycles. The number of methoxy groups -OCH3 is 1. The Balaban J connectivity index is 1.90. The number of nitrogens with one attached hydrogen (secondary N) is 2. The van der Waals surface area contributed by atoms with Crippen molar-refractivity contribution in [2.24, 2.45) is 0 Å². The summed E-state index contributed by atoms with van der Waals surface area (Å²) < 4.78 is 42.4. The third-order valence-electron chi connectivity index (χ3n) is 3.17. The number of alkyl halides is 3. The molecule has 0 saturated heterocycles. The third-order valence-corrected chi connectivity index (χ3v) is 3.17. The summed E-state index contributed by atoms with van der Waals surface area (Å²) >= 11 is 0. The van der Waals surface area contributed by atoms with Crippen LogP contribution in [0.5, 0.6) is 5.75 Å². The van der Waals surface area contributed by atoms with E-state index in [9.17, 15) is 22.8 Å². The molecule has 2 N–H and O–H groups in total. The Morgan fingerprint density at radius 1 is 0.960 bits per heavy atom. The summed E-state index contributed by atoms with van der Waals surface area (Å²) in [7, 11) is 1.48. The standard InChI is InChI=1S/C17H15F3N2O3/c1-25-14-4-2-3-13(9-14)22-16(24)10-15(23)21-12-7-5-11(6-8-12)17(18,19)20/h2-9H,10H2,1H3,(H,21,23)(H,22,24). The SMILES string of the molecule is COc1cccc(NC(=O)CC(=O)Nc2ccc(C(F)(F)F)cc2)c1. The molecule has 0 fully saturated rings. The van der Waals surface area contributed by atoms with Gasteiger partial charge in [-0.25, -0.2) is 0 Å². The molecule has 0 aliphatic heterocycles. The maximum Gasteiger partial charge on any atom is 0.416 e. The molecule has 0 radical (unpaired) electrons. The van der Waals surface area contributed by atoms with Crippen molar-refractivity contribution < 1.29 is 27.5 Å². The van der Waals surface area contributed by atoms with Crippen LogP contribution in [0.2, 0.25) is 0 Å². The lowest BCUT2D eigenvalue weighted by Crippen LogP contribution is -2.21. The Kier molecular flexibility index (Phi) is 5.63. The Labute approximate surface area is 141 Å². The number of anilines is 2. The molecule has 132 valence electrons. The molecular formula is C17H15F3N2O3. The fraction of sp³-hybridized carbons (Fsp3) is 0.176. The van der Waals surface area contributed by atoms with Gasteiger partial charge in [-0.1, -0.05) is 6.07 Å². The summed E-state index contributed by atoms with van der Waals surface area (Å²) in [6, 6.07) is 10.6. The lowest BCUT2D eigenvalue weighted by atomic mass is 10.2. The van der Waals surface area contributed by atoms with Gasteiger partial charge in [-0.05, 0) is 36.4 Å². The zero-order valence-electron chi connectivity index (χ0n) is 13.2. The van der Waals surface area contributed by atoms with Crippen LogP contribution in [-0.2, 0) is 15.8 Å². The van der Waals surface area contributed by atoms with Crippen LogP contribution in [0, 0.1) is 0 Å². The van der Waals surface area contributed by atoms with E-state index in [0.29, 0.717) is 11.4 Å². The maximum absolute atomic E-state index is 12.5. The molecule has 0 unspecified atom stereocenters. The molecule has 0 aliphatic carbocycles. The fourth-order valence-electron chi connectivity index (χ4n) is 2.00. The number of rotatable bonds is 5. The number of carbonyl (C=O) groups is 2. The molecule has 2 aromatic rings. The Morgan fingerprint density at radius 2 is 1.56 bits per heavy atom. The minimum Gasteiger partial charge on any atom is -0.497 e. The van der Waals surface area contributed by atoms with E-state index in [0.717, 1.165) is 24.3 Å². The molecular weight excluding hydrogens is 337 g/mol. The second-order valence-corrected chi connectivity index (χ2v) is 5.08. The second-order valence-electron chi connectivity index (χ2n) is 5.08. The van der Waals surface area contributed by atoms with Crippen molar-refractivity contribution in [2.45, 2.75) is 12.6 Å². The minimum absolute atomic E-state index is 0.173. The quantitative estimate of drug-likeness (QED) is 0.807. The normalized spacial score (nSPS) is 10.9. The van der Waals surface area contributed by atoms with Gasteiger partial charge in [0.05, 0.1) is 12.7 Å². The van der Waals surface area contributed by atoms with Crippen molar-refractivity contribution in [1.29, 1.82) is 0 Å². The predicted octanol–water partition coefficient (Wildman–Crippen LogP) is 3.68. The van der Waals surface area contributed by atoms with Gasteiger partial charge >= 0.3 is 6.18 Å². The number of ether oxygens (including phenoxy) is 1. The van der Waals surface area contributed by atoms with Crippen molar-refractivity contribution in [1.82, 2.24) is 0 Å². The number of amides is 2. The molecule has 2 rings (SSSR count). The van der Waals surface area contributed by atoms with Crippen LogP contribution in [0.15, 0.2) is 48.5 Å². The number of hydrogen-bond donors (Lipinski definition) is 2. The summed E-state index contributed by atoms with van der Waals surface area (Å²) in [5.41, 5.74) is -0.180. The van der Waals surface area contributed by atoms with Crippen LogP contribution in [0.25, 0.3) is 0 Å². The average molecular weight is 352 g/mol. The Morgan fingerprint density at radius 3 is 2.12 bits per heavy atom. The van der Waals surface area contributed by atoms with Crippen LogP contribution >= 0.6 is 0 Å². The minimum atomic E-state index is -4.45. The average Bonchev–Trinajstić information content (AvgIpc) is 2.54. The highest BCUT2D eigenvalue weighted by molar-refractivity contribution is 6.08. The van der Waals surface area contributed by atoms with Gasteiger partial charge in [0.1, 0.15) is 12.2 Å². The van der Waals surface area contributed by atoms with Crippen molar-refractivity contribution >= 4 is 23.2 Å². The topological polar surface area (TPSA) is 67.4 Å². The first-order valence-electron chi connectivity index (χ1n) is 7.19. The van der Waals surface area contributed by atoms with Gasteiger partial charge in [-0.15, -0.1) is 0 Å². The van der Waals surface area contributed by atoms with E-state index >= 15 is 0 Å². The molecule has 8 heteroatoms. The van der Waals surface area contributed by atoms with Gasteiger partial charge in [-0.3, -0.25) is 9.59 Å². The van der Waals surface area contributed by atoms with Gasteiger partial charge < -0.3 is 15.4 Å². The molecule has 0 aliphatic rings. The van der Waals surface area contributed by atoms with Crippen LogP contribution in [-0.4, -0.2) is 18.9 Å². The largest absolute Gasteiger partial charge is 0.497 e. The smallest absolute Gasteiger partial charge is 0.416 e. The molecule has 0 atom stereocenters. The Bertz CT molecular complexity index is 758.